The Morgan fingerprint density at radius 2 is 1.83 bits per heavy atom. The zero-order valence-electron chi connectivity index (χ0n) is 13.8. The highest BCUT2D eigenvalue weighted by Crippen LogP contribution is 2.42. The van der Waals surface area contributed by atoms with Crippen LogP contribution in [0, 0.1) is 17.8 Å². The summed E-state index contributed by atoms with van der Waals surface area (Å²) < 4.78 is 23.2. The first-order chi connectivity index (χ1) is 10.8. The Kier molecular flexibility index (Phi) is 5.94. The van der Waals surface area contributed by atoms with Crippen LogP contribution in [0.2, 0.25) is 0 Å². The fourth-order valence-corrected chi connectivity index (χ4v) is 4.72. The molecule has 5 nitrogen and oxygen atoms in total. The third kappa shape index (κ3) is 4.10. The maximum atomic E-state index is 12.6. The van der Waals surface area contributed by atoms with Crippen molar-refractivity contribution in [2.75, 3.05) is 11.6 Å². The molecular formula is C17H25ClN2O3S. The van der Waals surface area contributed by atoms with Gasteiger partial charge in [-0.1, -0.05) is 12.5 Å². The molecule has 1 aromatic rings. The van der Waals surface area contributed by atoms with Gasteiger partial charge in [-0.05, 0) is 55.7 Å². The lowest BCUT2D eigenvalue weighted by Gasteiger charge is -2.43. The Hall–Kier alpha value is -1.11. The number of rotatable bonds is 3. The number of carbonyl (C=O) groups excluding carboxylic acids is 1. The Balaban J connectivity index is 0.00000208. The standard InChI is InChI=1S/C17H24N2O3S.ClH/c1-23(21,22)15-7-3-6-14(10-15)19-17(20)13-8-11-4-2-5-12(9-13)16(11)18;/h3,6-7,10-13,16H,2,4-5,8-9,18H2,1H3,(H,19,20);1H. The largest absolute Gasteiger partial charge is 0.327 e. The lowest BCUT2D eigenvalue weighted by Crippen LogP contribution is -2.48. The summed E-state index contributed by atoms with van der Waals surface area (Å²) in [5, 5.41) is 2.88. The summed E-state index contributed by atoms with van der Waals surface area (Å²) >= 11 is 0. The molecule has 2 aliphatic carbocycles. The van der Waals surface area contributed by atoms with Crippen LogP contribution in [0.3, 0.4) is 0 Å². The highest BCUT2D eigenvalue weighted by atomic mass is 35.5. The molecule has 2 unspecified atom stereocenters. The van der Waals surface area contributed by atoms with Crippen molar-refractivity contribution in [2.24, 2.45) is 23.5 Å². The number of nitrogens with one attached hydrogen (secondary N) is 1. The number of carbonyl (C=O) groups is 1. The van der Waals surface area contributed by atoms with Gasteiger partial charge in [0.05, 0.1) is 4.90 Å². The van der Waals surface area contributed by atoms with E-state index in [1.54, 1.807) is 12.1 Å². The second-order valence-electron chi connectivity index (χ2n) is 6.99. The Morgan fingerprint density at radius 3 is 2.42 bits per heavy atom. The highest BCUT2D eigenvalue weighted by Gasteiger charge is 2.40. The molecule has 0 aromatic heterocycles. The van der Waals surface area contributed by atoms with Gasteiger partial charge in [-0.2, -0.15) is 0 Å². The van der Waals surface area contributed by atoms with E-state index in [1.807, 2.05) is 0 Å². The molecule has 24 heavy (non-hydrogen) atoms. The van der Waals surface area contributed by atoms with Crippen LogP contribution in [-0.4, -0.2) is 26.6 Å². The van der Waals surface area contributed by atoms with Crippen molar-refractivity contribution in [3.63, 3.8) is 0 Å². The van der Waals surface area contributed by atoms with E-state index in [-0.39, 0.29) is 35.2 Å². The van der Waals surface area contributed by atoms with E-state index in [9.17, 15) is 13.2 Å². The highest BCUT2D eigenvalue weighted by molar-refractivity contribution is 7.90. The lowest BCUT2D eigenvalue weighted by atomic mass is 9.65. The minimum atomic E-state index is -3.27. The van der Waals surface area contributed by atoms with Crippen LogP contribution < -0.4 is 11.1 Å². The van der Waals surface area contributed by atoms with Gasteiger partial charge >= 0.3 is 0 Å². The molecule has 0 heterocycles. The molecule has 2 bridgehead atoms. The van der Waals surface area contributed by atoms with E-state index >= 15 is 0 Å². The molecule has 0 aliphatic heterocycles. The third-order valence-electron chi connectivity index (χ3n) is 5.31. The SMILES string of the molecule is CS(=O)(=O)c1cccc(NC(=O)C2CC3CCCC(C2)C3N)c1.Cl. The zero-order chi connectivity index (χ0) is 16.6. The summed E-state index contributed by atoms with van der Waals surface area (Å²) in [7, 11) is -3.27. The van der Waals surface area contributed by atoms with E-state index in [0.29, 0.717) is 17.5 Å². The molecule has 2 atom stereocenters. The molecular weight excluding hydrogens is 348 g/mol. The van der Waals surface area contributed by atoms with Crippen LogP contribution in [0.25, 0.3) is 0 Å². The van der Waals surface area contributed by atoms with Crippen molar-refractivity contribution < 1.29 is 13.2 Å². The Bertz CT molecular complexity index is 694. The number of amides is 1. The Labute approximate surface area is 149 Å². The van der Waals surface area contributed by atoms with Crippen LogP contribution in [0.15, 0.2) is 29.2 Å². The van der Waals surface area contributed by atoms with Crippen LogP contribution in [0.4, 0.5) is 5.69 Å². The molecule has 3 N–H and O–H groups in total. The molecule has 134 valence electrons. The average Bonchev–Trinajstić information content (AvgIpc) is 2.46. The van der Waals surface area contributed by atoms with E-state index in [0.717, 1.165) is 31.9 Å². The fourth-order valence-electron chi connectivity index (χ4n) is 4.05. The first kappa shape index (κ1) is 19.2. The van der Waals surface area contributed by atoms with Crippen LogP contribution in [0.1, 0.15) is 32.1 Å². The van der Waals surface area contributed by atoms with Gasteiger partial charge in [0.15, 0.2) is 9.84 Å². The van der Waals surface area contributed by atoms with Crippen molar-refractivity contribution >= 4 is 33.8 Å². The molecule has 2 saturated carbocycles. The number of fused-ring (bicyclic) bond motifs is 2. The molecule has 3 rings (SSSR count). The first-order valence-corrected chi connectivity index (χ1v) is 10.1. The van der Waals surface area contributed by atoms with Crippen molar-refractivity contribution in [3.8, 4) is 0 Å². The summed E-state index contributed by atoms with van der Waals surface area (Å²) in [6, 6.07) is 6.67. The fraction of sp³-hybridized carbons (Fsp3) is 0.588. The number of anilines is 1. The predicted octanol–water partition coefficient (Wildman–Crippen LogP) is 2.60. The molecule has 0 saturated heterocycles. The molecule has 0 radical (unpaired) electrons. The van der Waals surface area contributed by atoms with Gasteiger partial charge in [0.2, 0.25) is 5.91 Å². The summed E-state index contributed by atoms with van der Waals surface area (Å²) in [5.41, 5.74) is 6.81. The third-order valence-corrected chi connectivity index (χ3v) is 6.42. The molecule has 7 heteroatoms. The second kappa shape index (κ2) is 7.42. The summed E-state index contributed by atoms with van der Waals surface area (Å²) in [6.07, 6.45) is 6.30. The van der Waals surface area contributed by atoms with Crippen molar-refractivity contribution in [2.45, 2.75) is 43.0 Å². The van der Waals surface area contributed by atoms with E-state index in [1.165, 1.54) is 18.6 Å². The van der Waals surface area contributed by atoms with E-state index in [2.05, 4.69) is 5.32 Å². The molecule has 1 aromatic carbocycles. The summed E-state index contributed by atoms with van der Waals surface area (Å²) in [4.78, 5) is 12.8. The van der Waals surface area contributed by atoms with Gasteiger partial charge in [-0.3, -0.25) is 4.79 Å². The molecule has 2 aliphatic rings. The van der Waals surface area contributed by atoms with Crippen LogP contribution in [0.5, 0.6) is 0 Å². The van der Waals surface area contributed by atoms with E-state index < -0.39 is 9.84 Å². The maximum absolute atomic E-state index is 12.6. The average molecular weight is 373 g/mol. The number of hydrogen-bond donors (Lipinski definition) is 2. The monoisotopic (exact) mass is 372 g/mol. The van der Waals surface area contributed by atoms with Gasteiger partial charge in [-0.25, -0.2) is 8.42 Å². The predicted molar refractivity (Wildman–Crippen MR) is 97.0 cm³/mol. The molecule has 2 fully saturated rings. The number of halogens is 1. The molecule has 1 amide bonds. The minimum Gasteiger partial charge on any atom is -0.327 e. The summed E-state index contributed by atoms with van der Waals surface area (Å²) in [6.45, 7) is 0. The van der Waals surface area contributed by atoms with Crippen molar-refractivity contribution in [1.29, 1.82) is 0 Å². The van der Waals surface area contributed by atoms with Gasteiger partial charge in [0.25, 0.3) is 0 Å². The smallest absolute Gasteiger partial charge is 0.227 e. The van der Waals surface area contributed by atoms with Crippen LogP contribution >= 0.6 is 12.4 Å². The second-order valence-corrected chi connectivity index (χ2v) is 9.00. The van der Waals surface area contributed by atoms with Gasteiger partial charge in [0.1, 0.15) is 0 Å². The minimum absolute atomic E-state index is 0. The lowest BCUT2D eigenvalue weighted by molar-refractivity contribution is -0.122. The topological polar surface area (TPSA) is 89.3 Å². The number of hydrogen-bond acceptors (Lipinski definition) is 4. The van der Waals surface area contributed by atoms with Gasteiger partial charge in [-0.15, -0.1) is 12.4 Å². The van der Waals surface area contributed by atoms with Crippen molar-refractivity contribution in [3.05, 3.63) is 24.3 Å². The number of nitrogens with two attached hydrogens (primary N) is 1. The first-order valence-electron chi connectivity index (χ1n) is 8.21. The van der Waals surface area contributed by atoms with Gasteiger partial charge in [0, 0.05) is 23.9 Å². The number of sulfone groups is 1. The molecule has 0 spiro atoms. The maximum Gasteiger partial charge on any atom is 0.227 e. The summed E-state index contributed by atoms with van der Waals surface area (Å²) in [5.74, 6) is 0.854. The quantitative estimate of drug-likeness (QED) is 0.853. The number of benzene rings is 1. The van der Waals surface area contributed by atoms with Crippen molar-refractivity contribution in [1.82, 2.24) is 0 Å². The van der Waals surface area contributed by atoms with E-state index in [4.69, 9.17) is 5.73 Å². The zero-order valence-corrected chi connectivity index (χ0v) is 15.4. The Morgan fingerprint density at radius 1 is 1.21 bits per heavy atom. The van der Waals surface area contributed by atoms with Gasteiger partial charge < -0.3 is 11.1 Å². The van der Waals surface area contributed by atoms with Crippen LogP contribution in [-0.2, 0) is 14.6 Å². The normalized spacial score (nSPS) is 29.4.